The number of aryl methyl sites for hydroxylation is 1. The molecule has 0 spiro atoms. The Bertz CT molecular complexity index is 1500. The molecule has 6 nitrogen and oxygen atoms in total. The minimum absolute atomic E-state index is 0.0936. The predicted molar refractivity (Wildman–Crippen MR) is 143 cm³/mol. The van der Waals surface area contributed by atoms with E-state index in [2.05, 4.69) is 5.32 Å². The number of aromatic nitrogens is 1. The number of carbonyl (C=O) groups excluding carboxylic acids is 3. The van der Waals surface area contributed by atoms with Crippen molar-refractivity contribution < 1.29 is 14.4 Å². The fourth-order valence-electron chi connectivity index (χ4n) is 4.01. The van der Waals surface area contributed by atoms with Gasteiger partial charge in [-0.2, -0.15) is 0 Å². The molecule has 5 rings (SSSR count). The van der Waals surface area contributed by atoms with Gasteiger partial charge in [0.15, 0.2) is 0 Å². The van der Waals surface area contributed by atoms with E-state index in [1.165, 1.54) is 4.90 Å². The molecule has 3 amide bonds. The average Bonchev–Trinajstić information content (AvgIpc) is 3.16. The highest BCUT2D eigenvalue weighted by molar-refractivity contribution is 8.18. The summed E-state index contributed by atoms with van der Waals surface area (Å²) in [5.74, 6) is -0.632. The molecule has 36 heavy (non-hydrogen) atoms. The number of nitrogens with one attached hydrogen (secondary N) is 1. The Morgan fingerprint density at radius 2 is 1.69 bits per heavy atom. The van der Waals surface area contributed by atoms with Crippen LogP contribution in [0.2, 0.25) is 0 Å². The monoisotopic (exact) mass is 493 g/mol. The number of para-hydroxylation sites is 1. The molecule has 0 aliphatic carbocycles. The summed E-state index contributed by atoms with van der Waals surface area (Å²) in [6, 6.07) is 26.6. The minimum atomic E-state index is -0.348. The van der Waals surface area contributed by atoms with Crippen LogP contribution in [-0.2, 0) is 4.79 Å². The normalized spacial score (nSPS) is 14.6. The smallest absolute Gasteiger partial charge is 0.293 e. The van der Waals surface area contributed by atoms with Gasteiger partial charge in [0.05, 0.1) is 21.7 Å². The number of hydrogen-bond donors (Lipinski definition) is 1. The van der Waals surface area contributed by atoms with Crippen LogP contribution in [0, 0.1) is 6.92 Å². The lowest BCUT2D eigenvalue weighted by atomic mass is 10.0. The zero-order valence-electron chi connectivity index (χ0n) is 19.6. The quantitative estimate of drug-likeness (QED) is 0.350. The van der Waals surface area contributed by atoms with E-state index in [9.17, 15) is 14.4 Å². The minimum Gasteiger partial charge on any atom is -0.350 e. The molecule has 1 fully saturated rings. The average molecular weight is 494 g/mol. The Balaban J connectivity index is 1.32. The third-order valence-electron chi connectivity index (χ3n) is 5.90. The highest BCUT2D eigenvalue weighted by atomic mass is 32.2. The first-order valence-corrected chi connectivity index (χ1v) is 12.4. The van der Waals surface area contributed by atoms with Crippen LogP contribution < -0.4 is 5.32 Å². The number of thioether (sulfide) groups is 1. The molecule has 178 valence electrons. The molecule has 0 unspecified atom stereocenters. The third kappa shape index (κ3) is 4.92. The topological polar surface area (TPSA) is 79.4 Å². The van der Waals surface area contributed by atoms with Crippen LogP contribution in [0.5, 0.6) is 0 Å². The first kappa shape index (κ1) is 23.5. The molecule has 4 aromatic rings. The number of rotatable bonds is 6. The highest BCUT2D eigenvalue weighted by Gasteiger charge is 2.34. The van der Waals surface area contributed by atoms with Crippen LogP contribution in [0.25, 0.3) is 28.2 Å². The van der Waals surface area contributed by atoms with E-state index in [0.717, 1.165) is 39.4 Å². The molecule has 7 heteroatoms. The number of benzene rings is 3. The maximum absolute atomic E-state index is 13.2. The second-order valence-electron chi connectivity index (χ2n) is 8.44. The van der Waals surface area contributed by atoms with Crippen molar-refractivity contribution in [3.8, 4) is 11.3 Å². The number of fused-ring (bicyclic) bond motifs is 1. The second kappa shape index (κ2) is 10.2. The molecule has 0 saturated carbocycles. The number of amides is 3. The lowest BCUT2D eigenvalue weighted by Gasteiger charge is -2.14. The number of imide groups is 1. The Labute approximate surface area is 213 Å². The third-order valence-corrected chi connectivity index (χ3v) is 6.81. The first-order chi connectivity index (χ1) is 17.5. The molecule has 0 bridgehead atoms. The Kier molecular flexibility index (Phi) is 6.64. The van der Waals surface area contributed by atoms with Crippen molar-refractivity contribution in [2.45, 2.75) is 6.92 Å². The second-order valence-corrected chi connectivity index (χ2v) is 9.43. The van der Waals surface area contributed by atoms with Crippen LogP contribution >= 0.6 is 11.8 Å². The van der Waals surface area contributed by atoms with Gasteiger partial charge in [0.2, 0.25) is 0 Å². The summed E-state index contributed by atoms with van der Waals surface area (Å²) >= 11 is 0.912. The number of carbonyl (C=O) groups is 3. The van der Waals surface area contributed by atoms with E-state index in [0.29, 0.717) is 16.2 Å². The van der Waals surface area contributed by atoms with E-state index in [-0.39, 0.29) is 30.1 Å². The lowest BCUT2D eigenvalue weighted by Crippen LogP contribution is -2.37. The summed E-state index contributed by atoms with van der Waals surface area (Å²) < 4.78 is 0. The largest absolute Gasteiger partial charge is 0.350 e. The summed E-state index contributed by atoms with van der Waals surface area (Å²) in [7, 11) is 0. The maximum Gasteiger partial charge on any atom is 0.293 e. The molecule has 0 atom stereocenters. The molecule has 1 aliphatic rings. The van der Waals surface area contributed by atoms with Gasteiger partial charge >= 0.3 is 0 Å². The molecule has 1 N–H and O–H groups in total. The van der Waals surface area contributed by atoms with Crippen molar-refractivity contribution in [2.24, 2.45) is 0 Å². The number of nitrogens with zero attached hydrogens (tertiary/aromatic N) is 2. The summed E-state index contributed by atoms with van der Waals surface area (Å²) in [5, 5.41) is 3.27. The van der Waals surface area contributed by atoms with Gasteiger partial charge in [-0.15, -0.1) is 0 Å². The molecule has 3 aromatic carbocycles. The first-order valence-electron chi connectivity index (χ1n) is 11.5. The van der Waals surface area contributed by atoms with E-state index in [1.54, 1.807) is 12.1 Å². The summed E-state index contributed by atoms with van der Waals surface area (Å²) in [5.41, 5.74) is 4.83. The van der Waals surface area contributed by atoms with Crippen LogP contribution in [0.1, 0.15) is 21.5 Å². The van der Waals surface area contributed by atoms with Crippen molar-refractivity contribution >= 4 is 45.8 Å². The van der Waals surface area contributed by atoms with Gasteiger partial charge in [-0.1, -0.05) is 78.4 Å². The Morgan fingerprint density at radius 1 is 0.972 bits per heavy atom. The molecule has 1 aliphatic heterocycles. The SMILES string of the molecule is Cc1ccc(-c2cc(C(=O)NCCN3C(=O)SC(=Cc4ccccc4)C3=O)c3ccccc3n2)cc1. The molecular formula is C29H23N3O3S. The van der Waals surface area contributed by atoms with Crippen molar-refractivity contribution in [1.29, 1.82) is 0 Å². The maximum atomic E-state index is 13.2. The Morgan fingerprint density at radius 3 is 2.47 bits per heavy atom. The van der Waals surface area contributed by atoms with Crippen molar-refractivity contribution in [2.75, 3.05) is 13.1 Å². The summed E-state index contributed by atoms with van der Waals surface area (Å²) in [4.78, 5) is 44.7. The van der Waals surface area contributed by atoms with Crippen LogP contribution in [0.15, 0.2) is 89.8 Å². The summed E-state index contributed by atoms with van der Waals surface area (Å²) in [6.07, 6.45) is 1.71. The molecular weight excluding hydrogens is 470 g/mol. The van der Waals surface area contributed by atoms with Gasteiger partial charge in [-0.25, -0.2) is 4.98 Å². The zero-order chi connectivity index (χ0) is 25.1. The van der Waals surface area contributed by atoms with Gasteiger partial charge in [-0.05, 0) is 42.5 Å². The van der Waals surface area contributed by atoms with Crippen LogP contribution in [0.4, 0.5) is 4.79 Å². The predicted octanol–water partition coefficient (Wildman–Crippen LogP) is 5.68. The fourth-order valence-corrected chi connectivity index (χ4v) is 4.87. The van der Waals surface area contributed by atoms with Crippen molar-refractivity contribution in [1.82, 2.24) is 15.2 Å². The van der Waals surface area contributed by atoms with Gasteiger partial charge in [0.25, 0.3) is 17.1 Å². The fraction of sp³-hybridized carbons (Fsp3) is 0.103. The zero-order valence-corrected chi connectivity index (χ0v) is 20.4. The highest BCUT2D eigenvalue weighted by Crippen LogP contribution is 2.32. The lowest BCUT2D eigenvalue weighted by molar-refractivity contribution is -0.122. The van der Waals surface area contributed by atoms with E-state index >= 15 is 0 Å². The van der Waals surface area contributed by atoms with E-state index < -0.39 is 0 Å². The van der Waals surface area contributed by atoms with Crippen molar-refractivity contribution in [3.05, 3.63) is 107 Å². The molecule has 2 heterocycles. The van der Waals surface area contributed by atoms with Gasteiger partial charge < -0.3 is 5.32 Å². The standard InChI is InChI=1S/C29H23N3O3S/c1-19-11-13-21(14-12-19)25-18-23(22-9-5-6-10-24(22)31-25)27(33)30-15-16-32-28(34)26(36-29(32)35)17-20-7-3-2-4-8-20/h2-14,17-18H,15-16H2,1H3,(H,30,33). The van der Waals surface area contributed by atoms with E-state index in [4.69, 9.17) is 4.98 Å². The molecule has 1 saturated heterocycles. The van der Waals surface area contributed by atoms with E-state index in [1.807, 2.05) is 85.8 Å². The summed E-state index contributed by atoms with van der Waals surface area (Å²) in [6.45, 7) is 2.26. The van der Waals surface area contributed by atoms with Gasteiger partial charge in [0, 0.05) is 24.0 Å². The molecule has 0 radical (unpaired) electrons. The van der Waals surface area contributed by atoms with Crippen molar-refractivity contribution in [3.63, 3.8) is 0 Å². The number of pyridine rings is 1. The molecule has 1 aromatic heterocycles. The van der Waals surface area contributed by atoms with Gasteiger partial charge in [-0.3, -0.25) is 19.3 Å². The van der Waals surface area contributed by atoms with Crippen LogP contribution in [-0.4, -0.2) is 40.0 Å². The number of hydrogen-bond acceptors (Lipinski definition) is 5. The van der Waals surface area contributed by atoms with Gasteiger partial charge in [0.1, 0.15) is 0 Å². The van der Waals surface area contributed by atoms with Crippen LogP contribution in [0.3, 0.4) is 0 Å². The Hall–Kier alpha value is -4.23.